The Morgan fingerprint density at radius 1 is 1.10 bits per heavy atom. The van der Waals surface area contributed by atoms with Gasteiger partial charge in [0.05, 0.1) is 5.56 Å². The fourth-order valence-electron chi connectivity index (χ4n) is 2.64. The maximum absolute atomic E-state index is 13.2. The maximum Gasteiger partial charge on any atom is 0.573 e. The summed E-state index contributed by atoms with van der Waals surface area (Å²) in [5.41, 5.74) is 4.56. The van der Waals surface area contributed by atoms with Crippen LogP contribution in [0.2, 0.25) is 0 Å². The van der Waals surface area contributed by atoms with E-state index < -0.39 is 29.8 Å². The van der Waals surface area contributed by atoms with Crippen LogP contribution in [0.5, 0.6) is 5.75 Å². The van der Waals surface area contributed by atoms with Crippen LogP contribution in [-0.2, 0) is 11.0 Å². The predicted octanol–water partition coefficient (Wildman–Crippen LogP) is 4.65. The Morgan fingerprint density at radius 2 is 1.83 bits per heavy atom. The topological polar surface area (TPSA) is 81.0 Å². The minimum atomic E-state index is -5.27. The molecule has 0 bridgehead atoms. The number of ether oxygens (including phenoxy) is 1. The van der Waals surface area contributed by atoms with Crippen LogP contribution in [0.4, 0.5) is 26.3 Å². The number of H-pyrrole nitrogens is 1. The molecule has 0 aliphatic carbocycles. The van der Waals surface area contributed by atoms with E-state index in [1.807, 2.05) is 0 Å². The quantitative estimate of drug-likeness (QED) is 0.481. The molecule has 2 aromatic heterocycles. The van der Waals surface area contributed by atoms with Crippen LogP contribution in [0.25, 0.3) is 28.2 Å². The normalized spacial score (nSPS) is 12.6. The van der Waals surface area contributed by atoms with Gasteiger partial charge in [0.1, 0.15) is 11.4 Å². The van der Waals surface area contributed by atoms with Crippen molar-refractivity contribution in [3.63, 3.8) is 0 Å². The molecule has 29 heavy (non-hydrogen) atoms. The van der Waals surface area contributed by atoms with Gasteiger partial charge < -0.3 is 15.5 Å². The van der Waals surface area contributed by atoms with Gasteiger partial charge in [-0.1, -0.05) is 6.07 Å². The number of aromatic amines is 1. The van der Waals surface area contributed by atoms with Gasteiger partial charge in [0, 0.05) is 35.0 Å². The van der Waals surface area contributed by atoms with Crippen LogP contribution < -0.4 is 10.5 Å². The Bertz CT molecular complexity index is 1100. The van der Waals surface area contributed by atoms with E-state index in [-0.39, 0.29) is 11.1 Å². The van der Waals surface area contributed by atoms with E-state index in [4.69, 9.17) is 5.73 Å². The Balaban J connectivity index is 2.09. The molecule has 2 heterocycles. The molecule has 1 amide bonds. The monoisotopic (exact) mass is 415 g/mol. The number of carbonyl (C=O) groups is 1. The molecule has 0 atom stereocenters. The molecule has 3 aromatic rings. The summed E-state index contributed by atoms with van der Waals surface area (Å²) in [6.45, 7) is 0. The molecule has 0 spiro atoms. The lowest BCUT2D eigenvalue weighted by Gasteiger charge is -2.16. The van der Waals surface area contributed by atoms with Crippen molar-refractivity contribution in [2.45, 2.75) is 12.5 Å². The molecule has 3 N–H and O–H groups in total. The third kappa shape index (κ3) is 4.68. The molecule has 152 valence electrons. The first-order valence-corrected chi connectivity index (χ1v) is 7.86. The highest BCUT2D eigenvalue weighted by atomic mass is 19.4. The number of amides is 1. The second-order valence-corrected chi connectivity index (χ2v) is 5.86. The molecule has 0 aliphatic heterocycles. The van der Waals surface area contributed by atoms with Crippen LogP contribution in [-0.4, -0.2) is 22.2 Å². The van der Waals surface area contributed by atoms with Crippen molar-refractivity contribution in [3.05, 3.63) is 53.9 Å². The molecule has 3 rings (SSSR count). The number of hydrogen-bond acceptors (Lipinski definition) is 3. The van der Waals surface area contributed by atoms with Gasteiger partial charge in [-0.25, -0.2) is 4.98 Å². The summed E-state index contributed by atoms with van der Waals surface area (Å²) < 4.78 is 80.4. The van der Waals surface area contributed by atoms with Crippen molar-refractivity contribution in [2.24, 2.45) is 5.73 Å². The molecule has 5 nitrogen and oxygen atoms in total. The van der Waals surface area contributed by atoms with Crippen LogP contribution >= 0.6 is 0 Å². The molecule has 0 fully saturated rings. The Morgan fingerprint density at radius 3 is 2.45 bits per heavy atom. The minimum absolute atomic E-state index is 0.0210. The summed E-state index contributed by atoms with van der Waals surface area (Å²) in [7, 11) is 0. The van der Waals surface area contributed by atoms with Crippen molar-refractivity contribution < 1.29 is 35.9 Å². The first-order chi connectivity index (χ1) is 13.4. The summed E-state index contributed by atoms with van der Waals surface area (Å²) in [5, 5.41) is 0.476. The Kier molecular flexibility index (Phi) is 4.99. The maximum atomic E-state index is 13.2. The van der Waals surface area contributed by atoms with E-state index >= 15 is 0 Å². The van der Waals surface area contributed by atoms with Gasteiger partial charge in [-0.05, 0) is 29.8 Å². The highest BCUT2D eigenvalue weighted by Gasteiger charge is 2.39. The highest BCUT2D eigenvalue weighted by Crippen LogP contribution is 2.40. The summed E-state index contributed by atoms with van der Waals surface area (Å²) in [4.78, 5) is 17.8. The third-order valence-corrected chi connectivity index (χ3v) is 3.83. The number of alkyl halides is 6. The lowest BCUT2D eigenvalue weighted by Crippen LogP contribution is -2.20. The van der Waals surface area contributed by atoms with Crippen molar-refractivity contribution >= 4 is 23.0 Å². The number of nitrogens with two attached hydrogens (primary N) is 1. The van der Waals surface area contributed by atoms with Crippen LogP contribution in [0.3, 0.4) is 0 Å². The van der Waals surface area contributed by atoms with Crippen LogP contribution in [0.1, 0.15) is 11.1 Å². The van der Waals surface area contributed by atoms with Gasteiger partial charge in [-0.2, -0.15) is 13.2 Å². The highest BCUT2D eigenvalue weighted by molar-refractivity contribution is 5.95. The number of nitrogens with zero attached hydrogens (tertiary/aromatic N) is 1. The molecule has 0 saturated carbocycles. The average Bonchev–Trinajstić information content (AvgIpc) is 3.00. The number of carbonyl (C=O) groups excluding carboxylic acids is 1. The van der Waals surface area contributed by atoms with Gasteiger partial charge in [-0.15, -0.1) is 13.2 Å². The van der Waals surface area contributed by atoms with Crippen molar-refractivity contribution in [3.8, 4) is 16.9 Å². The Labute approximate surface area is 158 Å². The molecule has 1 aromatic carbocycles. The fraction of sp³-hybridized carbons (Fsp3) is 0.111. The van der Waals surface area contributed by atoms with Gasteiger partial charge in [0.25, 0.3) is 0 Å². The summed E-state index contributed by atoms with van der Waals surface area (Å²) in [6, 6.07) is 3.69. The fourth-order valence-corrected chi connectivity index (χ4v) is 2.64. The largest absolute Gasteiger partial charge is 0.573 e. The number of aromatic nitrogens is 2. The summed E-state index contributed by atoms with van der Waals surface area (Å²) in [6.07, 6.45) is -5.07. The third-order valence-electron chi connectivity index (χ3n) is 3.83. The van der Waals surface area contributed by atoms with E-state index in [0.29, 0.717) is 28.7 Å². The standard InChI is InChI=1S/C18H11F6N3O2/c19-17(20,21)13-6-9(1-3-14(13)29-18(22,23)24)11-5-12-10(2-4-15(25)28)7-26-16(12)27-8-11/h1-8H,(H2,25,28)(H,26,27). The molecule has 11 heteroatoms. The molecule has 0 radical (unpaired) electrons. The van der Waals surface area contributed by atoms with Crippen LogP contribution in [0.15, 0.2) is 42.7 Å². The van der Waals surface area contributed by atoms with Crippen molar-refractivity contribution in [1.29, 1.82) is 0 Å². The number of rotatable bonds is 4. The van der Waals surface area contributed by atoms with E-state index in [0.717, 1.165) is 12.1 Å². The van der Waals surface area contributed by atoms with Gasteiger partial charge in [0.2, 0.25) is 5.91 Å². The first kappa shape index (κ1) is 20.2. The second kappa shape index (κ2) is 7.15. The summed E-state index contributed by atoms with van der Waals surface area (Å²) in [5.74, 6) is -2.05. The first-order valence-electron chi connectivity index (χ1n) is 7.86. The summed E-state index contributed by atoms with van der Waals surface area (Å²) >= 11 is 0. The molecular weight excluding hydrogens is 404 g/mol. The van der Waals surface area contributed by atoms with Gasteiger partial charge >= 0.3 is 12.5 Å². The zero-order valence-corrected chi connectivity index (χ0v) is 14.2. The zero-order valence-electron chi connectivity index (χ0n) is 14.2. The molecule has 0 saturated heterocycles. The van der Waals surface area contributed by atoms with E-state index in [2.05, 4.69) is 14.7 Å². The van der Waals surface area contributed by atoms with Gasteiger partial charge in [0.15, 0.2) is 0 Å². The zero-order chi connectivity index (χ0) is 21.4. The number of primary amides is 1. The van der Waals surface area contributed by atoms with E-state index in [9.17, 15) is 31.1 Å². The van der Waals surface area contributed by atoms with E-state index in [1.54, 1.807) is 0 Å². The van der Waals surface area contributed by atoms with Gasteiger partial charge in [-0.3, -0.25) is 4.79 Å². The lowest BCUT2D eigenvalue weighted by molar-refractivity contribution is -0.276. The smallest absolute Gasteiger partial charge is 0.405 e. The predicted molar refractivity (Wildman–Crippen MR) is 91.4 cm³/mol. The van der Waals surface area contributed by atoms with Crippen molar-refractivity contribution in [2.75, 3.05) is 0 Å². The van der Waals surface area contributed by atoms with E-state index in [1.165, 1.54) is 24.5 Å². The van der Waals surface area contributed by atoms with Crippen LogP contribution in [0, 0.1) is 0 Å². The number of fused-ring (bicyclic) bond motifs is 1. The SMILES string of the molecule is NC(=O)C=Cc1c[nH]c2ncc(-c3ccc(OC(F)(F)F)c(C(F)(F)F)c3)cc12. The van der Waals surface area contributed by atoms with Crippen molar-refractivity contribution in [1.82, 2.24) is 9.97 Å². The lowest BCUT2D eigenvalue weighted by atomic mass is 10.0. The average molecular weight is 415 g/mol. The number of benzene rings is 1. The number of halogens is 6. The second-order valence-electron chi connectivity index (χ2n) is 5.86. The molecule has 0 aliphatic rings. The molecule has 0 unspecified atom stereocenters. The Hall–Kier alpha value is -3.50. The molecular formula is C18H11F6N3O2. The minimum Gasteiger partial charge on any atom is -0.405 e. The number of pyridine rings is 1. The number of hydrogen-bond donors (Lipinski definition) is 2. The number of nitrogens with one attached hydrogen (secondary N) is 1.